The first-order valence-corrected chi connectivity index (χ1v) is 11.7. The molecule has 0 bridgehead atoms. The van der Waals surface area contributed by atoms with Crippen molar-refractivity contribution in [2.75, 3.05) is 31.2 Å². The first-order chi connectivity index (χ1) is 15.5. The van der Waals surface area contributed by atoms with Crippen LogP contribution in [-0.4, -0.2) is 47.8 Å². The van der Waals surface area contributed by atoms with Gasteiger partial charge in [0.05, 0.1) is 23.7 Å². The SMILES string of the molecule is Cc1ccc(-n2c(N3CCC(C(=O)N[C@@H]4CCOC4)CC3)nc3cc(C)c(C)cc32)cc1. The number of aryl methyl sites for hydroxylation is 3. The monoisotopic (exact) mass is 432 g/mol. The van der Waals surface area contributed by atoms with E-state index < -0.39 is 0 Å². The fourth-order valence-electron chi connectivity index (χ4n) is 4.79. The molecule has 0 aliphatic carbocycles. The number of benzene rings is 2. The number of carbonyl (C=O) groups excluding carboxylic acids is 1. The first kappa shape index (κ1) is 21.0. The highest BCUT2D eigenvalue weighted by molar-refractivity contribution is 5.83. The van der Waals surface area contributed by atoms with Crippen molar-refractivity contribution >= 4 is 22.9 Å². The fraction of sp³-hybridized carbons (Fsp3) is 0.462. The van der Waals surface area contributed by atoms with Gasteiger partial charge in [0.2, 0.25) is 11.9 Å². The average Bonchev–Trinajstić information content (AvgIpc) is 3.43. The van der Waals surface area contributed by atoms with E-state index in [9.17, 15) is 4.79 Å². The Morgan fingerprint density at radius 2 is 1.75 bits per heavy atom. The van der Waals surface area contributed by atoms with Crippen LogP contribution in [0.1, 0.15) is 36.0 Å². The Labute approximate surface area is 189 Å². The molecule has 6 heteroatoms. The number of amides is 1. The van der Waals surface area contributed by atoms with Crippen LogP contribution in [0.2, 0.25) is 0 Å². The largest absolute Gasteiger partial charge is 0.379 e. The topological polar surface area (TPSA) is 59.4 Å². The Balaban J connectivity index is 1.42. The van der Waals surface area contributed by atoms with Crippen LogP contribution in [0.4, 0.5) is 5.95 Å². The maximum Gasteiger partial charge on any atom is 0.223 e. The zero-order valence-electron chi connectivity index (χ0n) is 19.2. The number of ether oxygens (including phenoxy) is 1. The summed E-state index contributed by atoms with van der Waals surface area (Å²) in [6, 6.07) is 13.2. The third-order valence-electron chi connectivity index (χ3n) is 6.97. The molecule has 6 nitrogen and oxygen atoms in total. The van der Waals surface area contributed by atoms with Crippen molar-refractivity contribution in [3.05, 3.63) is 53.1 Å². The van der Waals surface area contributed by atoms with Crippen LogP contribution in [0.3, 0.4) is 0 Å². The van der Waals surface area contributed by atoms with Crippen molar-refractivity contribution in [2.24, 2.45) is 5.92 Å². The molecule has 0 saturated carbocycles. The summed E-state index contributed by atoms with van der Waals surface area (Å²) in [7, 11) is 0. The summed E-state index contributed by atoms with van der Waals surface area (Å²) in [6.45, 7) is 9.44. The summed E-state index contributed by atoms with van der Waals surface area (Å²) in [6.07, 6.45) is 2.60. The number of piperidine rings is 1. The minimum Gasteiger partial charge on any atom is -0.379 e. The number of anilines is 1. The van der Waals surface area contributed by atoms with Gasteiger partial charge in [-0.15, -0.1) is 0 Å². The second kappa shape index (κ2) is 8.58. The first-order valence-electron chi connectivity index (χ1n) is 11.7. The van der Waals surface area contributed by atoms with E-state index in [1.165, 1.54) is 16.7 Å². The molecule has 1 atom stereocenters. The van der Waals surface area contributed by atoms with Gasteiger partial charge in [-0.2, -0.15) is 0 Å². The van der Waals surface area contributed by atoms with Gasteiger partial charge < -0.3 is 15.0 Å². The maximum absolute atomic E-state index is 12.7. The van der Waals surface area contributed by atoms with Gasteiger partial charge in [-0.1, -0.05) is 17.7 Å². The second-order valence-electron chi connectivity index (χ2n) is 9.34. The van der Waals surface area contributed by atoms with Crippen LogP contribution < -0.4 is 10.2 Å². The molecule has 0 unspecified atom stereocenters. The molecule has 3 aromatic rings. The number of hydrogen-bond acceptors (Lipinski definition) is 4. The molecular weight excluding hydrogens is 400 g/mol. The van der Waals surface area contributed by atoms with Gasteiger partial charge in [0.15, 0.2) is 0 Å². The van der Waals surface area contributed by atoms with Crippen molar-refractivity contribution in [2.45, 2.75) is 46.1 Å². The summed E-state index contributed by atoms with van der Waals surface area (Å²) < 4.78 is 7.67. The number of nitrogens with one attached hydrogen (secondary N) is 1. The van der Waals surface area contributed by atoms with Crippen LogP contribution in [0.5, 0.6) is 0 Å². The summed E-state index contributed by atoms with van der Waals surface area (Å²) >= 11 is 0. The highest BCUT2D eigenvalue weighted by Gasteiger charge is 2.30. The minimum absolute atomic E-state index is 0.0635. The molecule has 2 aromatic carbocycles. The van der Waals surface area contributed by atoms with Crippen LogP contribution in [0, 0.1) is 26.7 Å². The highest BCUT2D eigenvalue weighted by atomic mass is 16.5. The smallest absolute Gasteiger partial charge is 0.223 e. The molecule has 1 aromatic heterocycles. The lowest BCUT2D eigenvalue weighted by molar-refractivity contribution is -0.126. The number of carbonyl (C=O) groups is 1. The van der Waals surface area contributed by atoms with Crippen LogP contribution in [-0.2, 0) is 9.53 Å². The summed E-state index contributed by atoms with van der Waals surface area (Å²) in [5.41, 5.74) is 7.04. The normalized spacial score (nSPS) is 19.6. The lowest BCUT2D eigenvalue weighted by Crippen LogP contribution is -2.44. The Morgan fingerprint density at radius 3 is 2.44 bits per heavy atom. The van der Waals surface area contributed by atoms with Gasteiger partial charge in [0, 0.05) is 31.3 Å². The summed E-state index contributed by atoms with van der Waals surface area (Å²) in [5, 5.41) is 3.18. The molecular formula is C26H32N4O2. The number of nitrogens with zero attached hydrogens (tertiary/aromatic N) is 3. The Bertz CT molecular complexity index is 1120. The number of hydrogen-bond donors (Lipinski definition) is 1. The average molecular weight is 433 g/mol. The third kappa shape index (κ3) is 3.99. The molecule has 0 radical (unpaired) electrons. The molecule has 5 rings (SSSR count). The van der Waals surface area contributed by atoms with Crippen LogP contribution >= 0.6 is 0 Å². The van der Waals surface area contributed by atoms with E-state index in [-0.39, 0.29) is 17.9 Å². The molecule has 2 fully saturated rings. The van der Waals surface area contributed by atoms with Crippen LogP contribution in [0.15, 0.2) is 36.4 Å². The molecule has 1 amide bonds. The number of rotatable bonds is 4. The van der Waals surface area contributed by atoms with Crippen molar-refractivity contribution in [1.82, 2.24) is 14.9 Å². The van der Waals surface area contributed by atoms with E-state index in [1.807, 2.05) is 0 Å². The molecule has 168 valence electrons. The van der Waals surface area contributed by atoms with Gasteiger partial charge >= 0.3 is 0 Å². The molecule has 2 saturated heterocycles. The van der Waals surface area contributed by atoms with Gasteiger partial charge in [-0.25, -0.2) is 4.98 Å². The van der Waals surface area contributed by atoms with E-state index in [0.29, 0.717) is 6.61 Å². The fourth-order valence-corrected chi connectivity index (χ4v) is 4.79. The van der Waals surface area contributed by atoms with Gasteiger partial charge in [0.25, 0.3) is 0 Å². The third-order valence-corrected chi connectivity index (χ3v) is 6.97. The predicted molar refractivity (Wildman–Crippen MR) is 128 cm³/mol. The zero-order valence-corrected chi connectivity index (χ0v) is 19.2. The molecule has 1 N–H and O–H groups in total. The molecule has 2 aliphatic heterocycles. The molecule has 32 heavy (non-hydrogen) atoms. The van der Waals surface area contributed by atoms with E-state index in [4.69, 9.17) is 9.72 Å². The standard InChI is InChI=1S/C26H32N4O2/c1-17-4-6-22(7-5-17)30-24-15-19(3)18(2)14-23(24)28-26(30)29-11-8-20(9-12-29)25(31)27-21-10-13-32-16-21/h4-7,14-15,20-21H,8-13,16H2,1-3H3,(H,27,31)/t21-/m1/s1. The van der Waals surface area contributed by atoms with Crippen molar-refractivity contribution in [3.8, 4) is 5.69 Å². The van der Waals surface area contributed by atoms with Gasteiger partial charge in [-0.3, -0.25) is 9.36 Å². The Kier molecular flexibility index (Phi) is 5.64. The molecule has 2 aliphatic rings. The molecule has 0 spiro atoms. The van der Waals surface area contributed by atoms with E-state index in [0.717, 1.165) is 61.6 Å². The summed E-state index contributed by atoms with van der Waals surface area (Å²) in [5.74, 6) is 1.21. The highest BCUT2D eigenvalue weighted by Crippen LogP contribution is 2.31. The van der Waals surface area contributed by atoms with E-state index >= 15 is 0 Å². The van der Waals surface area contributed by atoms with Gasteiger partial charge in [0.1, 0.15) is 0 Å². The van der Waals surface area contributed by atoms with Crippen molar-refractivity contribution in [3.63, 3.8) is 0 Å². The van der Waals surface area contributed by atoms with E-state index in [1.54, 1.807) is 0 Å². The van der Waals surface area contributed by atoms with Crippen LogP contribution in [0.25, 0.3) is 16.7 Å². The number of imidazole rings is 1. The van der Waals surface area contributed by atoms with Crippen molar-refractivity contribution in [1.29, 1.82) is 0 Å². The lowest BCUT2D eigenvalue weighted by Gasteiger charge is -2.32. The maximum atomic E-state index is 12.7. The lowest BCUT2D eigenvalue weighted by atomic mass is 9.95. The van der Waals surface area contributed by atoms with Gasteiger partial charge in [-0.05, 0) is 75.4 Å². The van der Waals surface area contributed by atoms with E-state index in [2.05, 4.69) is 72.0 Å². The Morgan fingerprint density at radius 1 is 1.03 bits per heavy atom. The second-order valence-corrected chi connectivity index (χ2v) is 9.34. The zero-order chi connectivity index (χ0) is 22.2. The quantitative estimate of drug-likeness (QED) is 0.675. The van der Waals surface area contributed by atoms with Crippen molar-refractivity contribution < 1.29 is 9.53 Å². The Hall–Kier alpha value is -2.86. The number of aromatic nitrogens is 2. The summed E-state index contributed by atoms with van der Waals surface area (Å²) in [4.78, 5) is 20.1. The number of fused-ring (bicyclic) bond motifs is 1. The predicted octanol–water partition coefficient (Wildman–Crippen LogP) is 4.07. The molecule has 3 heterocycles. The minimum atomic E-state index is 0.0635.